The van der Waals surface area contributed by atoms with Gasteiger partial charge in [0.15, 0.2) is 0 Å². The van der Waals surface area contributed by atoms with Gasteiger partial charge in [-0.05, 0) is 102 Å². The normalized spacial score (nSPS) is 22.8. The van der Waals surface area contributed by atoms with Gasteiger partial charge in [0, 0.05) is 54.4 Å². The summed E-state index contributed by atoms with van der Waals surface area (Å²) in [6, 6.07) is 39.7. The highest BCUT2D eigenvalue weighted by Crippen LogP contribution is 2.62. The molecule has 0 aromatic heterocycles. The van der Waals surface area contributed by atoms with Gasteiger partial charge in [0.2, 0.25) is 5.79 Å². The number of benzene rings is 5. The van der Waals surface area contributed by atoms with Gasteiger partial charge in [0.25, 0.3) is 5.91 Å². The maximum atomic E-state index is 14.9. The number of carbonyl (C=O) groups is 1. The Morgan fingerprint density at radius 1 is 0.891 bits per heavy atom. The zero-order chi connectivity index (χ0) is 44.3. The summed E-state index contributed by atoms with van der Waals surface area (Å²) in [5.41, 5.74) is 4.34. The number of aliphatic hydroxyl groups excluding tert-OH is 2. The van der Waals surface area contributed by atoms with Gasteiger partial charge in [-0.15, -0.1) is 18.3 Å². The minimum absolute atomic E-state index is 0.101. The highest BCUT2D eigenvalue weighted by atomic mass is 32.2. The number of amides is 1. The van der Waals surface area contributed by atoms with E-state index in [0.29, 0.717) is 37.2 Å². The Kier molecular flexibility index (Phi) is 15.2. The van der Waals surface area contributed by atoms with Crippen LogP contribution >= 0.6 is 11.8 Å². The molecule has 1 heterocycles. The summed E-state index contributed by atoms with van der Waals surface area (Å²) in [4.78, 5) is 24.1. The van der Waals surface area contributed by atoms with Crippen molar-refractivity contribution in [2.24, 2.45) is 22.9 Å². The van der Waals surface area contributed by atoms with E-state index in [4.69, 9.17) is 24.2 Å². The molecule has 5 aromatic carbocycles. The van der Waals surface area contributed by atoms with Crippen LogP contribution in [0.5, 0.6) is 11.5 Å². The molecular formula is C54H60N2O7S. The molecule has 64 heavy (non-hydrogen) atoms. The molecule has 6 unspecified atom stereocenters. The molecule has 8 rings (SSSR count). The molecule has 1 amide bonds. The van der Waals surface area contributed by atoms with Gasteiger partial charge in [0.05, 0.1) is 24.8 Å². The summed E-state index contributed by atoms with van der Waals surface area (Å²) in [5, 5.41) is 27.0. The minimum atomic E-state index is -1.35. The maximum absolute atomic E-state index is 14.9. The van der Waals surface area contributed by atoms with Crippen LogP contribution in [0.4, 0.5) is 0 Å². The van der Waals surface area contributed by atoms with Gasteiger partial charge < -0.3 is 34.2 Å². The number of allylic oxidation sites excluding steroid dienone is 1. The van der Waals surface area contributed by atoms with E-state index in [1.165, 1.54) is 4.90 Å². The van der Waals surface area contributed by atoms with Crippen LogP contribution in [0.2, 0.25) is 0 Å². The smallest absolute Gasteiger partial charge is 0.254 e. The third-order valence-electron chi connectivity index (χ3n) is 13.0. The summed E-state index contributed by atoms with van der Waals surface area (Å²) >= 11 is 1.76. The zero-order valence-electron chi connectivity index (χ0n) is 36.7. The van der Waals surface area contributed by atoms with Gasteiger partial charge >= 0.3 is 0 Å². The van der Waals surface area contributed by atoms with Crippen molar-refractivity contribution in [3.05, 3.63) is 162 Å². The molecule has 334 valence electrons. The lowest BCUT2D eigenvalue weighted by Gasteiger charge is -2.59. The van der Waals surface area contributed by atoms with E-state index >= 15 is 0 Å². The van der Waals surface area contributed by atoms with E-state index in [-0.39, 0.29) is 50.1 Å². The Balaban J connectivity index is 1.25. The van der Waals surface area contributed by atoms with Gasteiger partial charge in [-0.3, -0.25) is 4.79 Å². The zero-order valence-corrected chi connectivity index (χ0v) is 37.5. The third kappa shape index (κ3) is 9.96. The molecule has 1 fully saturated rings. The lowest BCUT2D eigenvalue weighted by Crippen LogP contribution is -2.69. The van der Waals surface area contributed by atoms with Crippen molar-refractivity contribution in [3.63, 3.8) is 0 Å². The van der Waals surface area contributed by atoms with Gasteiger partial charge in [-0.1, -0.05) is 109 Å². The number of thioether (sulfide) groups is 1. The number of hydrogen-bond donors (Lipinski definition) is 2. The molecule has 9 nitrogen and oxygen atoms in total. The van der Waals surface area contributed by atoms with Gasteiger partial charge in [-0.2, -0.15) is 0 Å². The number of rotatable bonds is 21. The first-order valence-electron chi connectivity index (χ1n) is 22.7. The van der Waals surface area contributed by atoms with Crippen molar-refractivity contribution in [2.45, 2.75) is 74.2 Å². The number of unbranched alkanes of at least 4 members (excludes halogenated alkanes) is 2. The molecule has 0 spiro atoms. The first kappa shape index (κ1) is 45.2. The van der Waals surface area contributed by atoms with Crippen molar-refractivity contribution in [1.82, 2.24) is 4.90 Å². The number of ether oxygens (including phenoxy) is 3. The number of carbonyl (C=O) groups excluding carboxylic acids is 1. The van der Waals surface area contributed by atoms with Crippen LogP contribution in [0.15, 0.2) is 156 Å². The lowest BCUT2D eigenvalue weighted by molar-refractivity contribution is -0.252. The Bertz CT molecular complexity index is 2410. The molecule has 2 aliphatic carbocycles. The van der Waals surface area contributed by atoms with Crippen LogP contribution in [0, 0.1) is 17.8 Å². The average Bonchev–Trinajstić information content (AvgIpc) is 3.33. The molecule has 1 aliphatic heterocycles. The molecule has 2 N–H and O–H groups in total. The Hall–Kier alpha value is -5.39. The number of oxime groups is 1. The number of nitrogens with zero attached hydrogens (tertiary/aromatic N) is 2. The molecule has 10 heteroatoms. The Labute approximate surface area is 381 Å². The van der Waals surface area contributed by atoms with Crippen molar-refractivity contribution in [3.8, 4) is 11.5 Å². The SMILES string of the molecule is C=CCOC12Oc3ccc(OCCSc4ccccc4)cc3C3C(CCCCO)C(CCCCO)C=C(C(=NOCc4ccccc4)CC1N(C)C(=O)c1ccc4ccccc4c1)C32. The van der Waals surface area contributed by atoms with Crippen molar-refractivity contribution < 1.29 is 34.1 Å². The molecular weight excluding hydrogens is 821 g/mol. The van der Waals surface area contributed by atoms with Crippen LogP contribution in [0.3, 0.4) is 0 Å². The van der Waals surface area contributed by atoms with Gasteiger partial charge in [0.1, 0.15) is 24.1 Å². The van der Waals surface area contributed by atoms with Crippen molar-refractivity contribution in [2.75, 3.05) is 39.2 Å². The summed E-state index contributed by atoms with van der Waals surface area (Å²) in [6.45, 7) is 5.30. The third-order valence-corrected chi connectivity index (χ3v) is 14.0. The molecule has 0 saturated heterocycles. The molecule has 0 bridgehead atoms. The van der Waals surface area contributed by atoms with Crippen LogP contribution in [0.25, 0.3) is 10.8 Å². The van der Waals surface area contributed by atoms with E-state index in [0.717, 1.165) is 70.4 Å². The predicted octanol–water partition coefficient (Wildman–Crippen LogP) is 10.6. The number of fused-ring (bicyclic) bond motifs is 3. The summed E-state index contributed by atoms with van der Waals surface area (Å²) in [5.74, 6) is 0.375. The fraction of sp³-hybridized carbons (Fsp3) is 0.370. The molecule has 5 aromatic rings. The lowest BCUT2D eigenvalue weighted by atomic mass is 9.55. The largest absolute Gasteiger partial charge is 0.493 e. The molecule has 0 radical (unpaired) electrons. The van der Waals surface area contributed by atoms with Crippen molar-refractivity contribution in [1.29, 1.82) is 0 Å². The summed E-state index contributed by atoms with van der Waals surface area (Å²) in [6.07, 6.45) is 9.20. The maximum Gasteiger partial charge on any atom is 0.254 e. The second-order valence-electron chi connectivity index (χ2n) is 17.0. The fourth-order valence-electron chi connectivity index (χ4n) is 10.1. The van der Waals surface area contributed by atoms with Gasteiger partial charge in [-0.25, -0.2) is 0 Å². The topological polar surface area (TPSA) is 110 Å². The van der Waals surface area contributed by atoms with Crippen LogP contribution in [0.1, 0.15) is 72.3 Å². The molecule has 3 aliphatic rings. The second-order valence-corrected chi connectivity index (χ2v) is 18.2. The van der Waals surface area contributed by atoms with Crippen LogP contribution in [-0.4, -0.2) is 77.8 Å². The Morgan fingerprint density at radius 2 is 1.62 bits per heavy atom. The summed E-state index contributed by atoms with van der Waals surface area (Å²) in [7, 11) is 1.84. The first-order chi connectivity index (χ1) is 31.4. The number of likely N-dealkylation sites (N-methyl/N-ethyl adjacent to an activating group) is 1. The number of hydrogen-bond acceptors (Lipinski definition) is 9. The van der Waals surface area contributed by atoms with E-state index < -0.39 is 17.7 Å². The highest BCUT2D eigenvalue weighted by Gasteiger charge is 2.65. The van der Waals surface area contributed by atoms with Crippen molar-refractivity contribution >= 4 is 34.2 Å². The average molecular weight is 881 g/mol. The fourth-order valence-corrected chi connectivity index (χ4v) is 10.8. The standard InChI is InChI=1S/C54H60N2O7S/c1-3-30-61-54-50(56(2)53(59)42-25-24-39-18-10-11-19-40(39)33-42)36-48(55-62-37-38-16-6-4-7-17-38)46-34-41(20-12-14-28-57)45(23-13-15-29-58)51(52(46)54)47-35-43(26-27-49(47)63-54)60-31-32-64-44-21-8-5-9-22-44/h3-11,16-19,21-22,24-27,33-35,41,45,50-52,57-58H,1,12-15,20,23,28-32,36-37H2,2H3. The highest BCUT2D eigenvalue weighted by molar-refractivity contribution is 7.99. The monoisotopic (exact) mass is 880 g/mol. The first-order valence-corrected chi connectivity index (χ1v) is 23.7. The van der Waals surface area contributed by atoms with Crippen LogP contribution in [-0.2, 0) is 16.2 Å². The quantitative estimate of drug-likeness (QED) is 0.0325. The molecule has 1 saturated carbocycles. The minimum Gasteiger partial charge on any atom is -0.493 e. The van der Waals surface area contributed by atoms with Crippen LogP contribution < -0.4 is 9.47 Å². The van der Waals surface area contributed by atoms with E-state index in [1.54, 1.807) is 22.7 Å². The number of aliphatic hydroxyl groups is 2. The van der Waals surface area contributed by atoms with E-state index in [2.05, 4.69) is 30.9 Å². The molecule has 6 atom stereocenters. The van der Waals surface area contributed by atoms with E-state index in [9.17, 15) is 15.0 Å². The predicted molar refractivity (Wildman–Crippen MR) is 255 cm³/mol. The second kappa shape index (κ2) is 21.5. The van der Waals surface area contributed by atoms with E-state index in [1.807, 2.05) is 110 Å². The summed E-state index contributed by atoms with van der Waals surface area (Å²) < 4.78 is 21.0. The Morgan fingerprint density at radius 3 is 2.39 bits per heavy atom.